The highest BCUT2D eigenvalue weighted by Crippen LogP contribution is 2.21. The molecule has 1 saturated heterocycles. The highest BCUT2D eigenvalue weighted by Gasteiger charge is 2.25. The summed E-state index contributed by atoms with van der Waals surface area (Å²) < 4.78 is 13.6. The molecule has 4 heteroatoms. The Morgan fingerprint density at radius 1 is 1.47 bits per heavy atom. The van der Waals surface area contributed by atoms with Crippen LogP contribution in [-0.4, -0.2) is 26.0 Å². The summed E-state index contributed by atoms with van der Waals surface area (Å²) in [5, 5.41) is 3.20. The van der Waals surface area contributed by atoms with E-state index in [4.69, 9.17) is 0 Å². The van der Waals surface area contributed by atoms with Crippen molar-refractivity contribution in [3.05, 3.63) is 30.1 Å². The molecular formula is C13H17FN2O. The van der Waals surface area contributed by atoms with Crippen LogP contribution in [0.2, 0.25) is 0 Å². The molecule has 92 valence electrons. The highest BCUT2D eigenvalue weighted by molar-refractivity contribution is 5.94. The summed E-state index contributed by atoms with van der Waals surface area (Å²) in [6.45, 7) is 1.66. The zero-order chi connectivity index (χ0) is 12.3. The maximum atomic E-state index is 13.6. The first-order valence-electron chi connectivity index (χ1n) is 5.93. The summed E-state index contributed by atoms with van der Waals surface area (Å²) >= 11 is 0. The first-order valence-corrected chi connectivity index (χ1v) is 5.93. The van der Waals surface area contributed by atoms with Crippen molar-refractivity contribution in [2.24, 2.45) is 5.92 Å². The molecule has 1 aliphatic rings. The number of anilines is 1. The molecule has 17 heavy (non-hydrogen) atoms. The van der Waals surface area contributed by atoms with E-state index >= 15 is 0 Å². The molecule has 0 bridgehead atoms. The first-order chi connectivity index (χ1) is 8.20. The van der Waals surface area contributed by atoms with Gasteiger partial charge in [-0.25, -0.2) is 4.39 Å². The topological polar surface area (TPSA) is 32.3 Å². The molecule has 1 aliphatic heterocycles. The molecule has 0 saturated carbocycles. The molecular weight excluding hydrogens is 219 g/mol. The number of para-hydroxylation sites is 1. The molecule has 0 unspecified atom stereocenters. The van der Waals surface area contributed by atoms with Gasteiger partial charge in [-0.2, -0.15) is 0 Å². The van der Waals surface area contributed by atoms with E-state index in [0.29, 0.717) is 12.2 Å². The van der Waals surface area contributed by atoms with Crippen LogP contribution in [0.25, 0.3) is 0 Å². The number of carbonyl (C=O) groups excluding carboxylic acids is 1. The fourth-order valence-electron chi connectivity index (χ4n) is 2.18. The second kappa shape index (κ2) is 5.27. The van der Waals surface area contributed by atoms with Crippen molar-refractivity contribution in [1.29, 1.82) is 0 Å². The van der Waals surface area contributed by atoms with Crippen LogP contribution in [0.4, 0.5) is 10.1 Å². The van der Waals surface area contributed by atoms with Crippen molar-refractivity contribution in [2.45, 2.75) is 12.8 Å². The Morgan fingerprint density at radius 3 is 2.88 bits per heavy atom. The van der Waals surface area contributed by atoms with Crippen LogP contribution in [0.15, 0.2) is 24.3 Å². The maximum Gasteiger partial charge on any atom is 0.231 e. The minimum absolute atomic E-state index is 0.0118. The monoisotopic (exact) mass is 236 g/mol. The molecule has 0 spiro atoms. The SMILES string of the molecule is CN(C(=O)[C@H]1CCCNC1)c1ccccc1F. The largest absolute Gasteiger partial charge is 0.316 e. The molecule has 1 heterocycles. The maximum absolute atomic E-state index is 13.6. The number of hydrogen-bond donors (Lipinski definition) is 1. The molecule has 1 fully saturated rings. The lowest BCUT2D eigenvalue weighted by Gasteiger charge is -2.27. The van der Waals surface area contributed by atoms with E-state index in [0.717, 1.165) is 19.4 Å². The van der Waals surface area contributed by atoms with E-state index in [9.17, 15) is 9.18 Å². The quantitative estimate of drug-likeness (QED) is 0.849. The Hall–Kier alpha value is -1.42. The molecule has 1 N–H and O–H groups in total. The van der Waals surface area contributed by atoms with E-state index in [1.807, 2.05) is 0 Å². The molecule has 1 aromatic carbocycles. The summed E-state index contributed by atoms with van der Waals surface area (Å²) in [6, 6.07) is 6.36. The second-order valence-electron chi connectivity index (χ2n) is 4.39. The van der Waals surface area contributed by atoms with Gasteiger partial charge in [0, 0.05) is 13.6 Å². The lowest BCUT2D eigenvalue weighted by Crippen LogP contribution is -2.41. The third kappa shape index (κ3) is 2.64. The molecule has 1 atom stereocenters. The molecule has 0 radical (unpaired) electrons. The number of rotatable bonds is 2. The fourth-order valence-corrected chi connectivity index (χ4v) is 2.18. The number of piperidine rings is 1. The average molecular weight is 236 g/mol. The fraction of sp³-hybridized carbons (Fsp3) is 0.462. The van der Waals surface area contributed by atoms with Crippen molar-refractivity contribution < 1.29 is 9.18 Å². The number of amides is 1. The van der Waals surface area contributed by atoms with Crippen molar-refractivity contribution in [2.75, 3.05) is 25.0 Å². The van der Waals surface area contributed by atoms with Crippen LogP contribution in [0.5, 0.6) is 0 Å². The van der Waals surface area contributed by atoms with Crippen molar-refractivity contribution in [3.63, 3.8) is 0 Å². The average Bonchev–Trinajstić information content (AvgIpc) is 2.39. The lowest BCUT2D eigenvalue weighted by atomic mass is 9.98. The van der Waals surface area contributed by atoms with E-state index in [1.165, 1.54) is 11.0 Å². The second-order valence-corrected chi connectivity index (χ2v) is 4.39. The highest BCUT2D eigenvalue weighted by atomic mass is 19.1. The van der Waals surface area contributed by atoms with Gasteiger partial charge in [0.15, 0.2) is 0 Å². The Labute approximate surface area is 101 Å². The predicted molar refractivity (Wildman–Crippen MR) is 65.4 cm³/mol. The Morgan fingerprint density at radius 2 is 2.24 bits per heavy atom. The van der Waals surface area contributed by atoms with Gasteiger partial charge in [0.05, 0.1) is 11.6 Å². The van der Waals surface area contributed by atoms with Crippen molar-refractivity contribution in [3.8, 4) is 0 Å². The Bertz CT molecular complexity index is 402. The Balaban J connectivity index is 2.11. The predicted octanol–water partition coefficient (Wildman–Crippen LogP) is 1.79. The van der Waals surface area contributed by atoms with Gasteiger partial charge in [0.25, 0.3) is 0 Å². The van der Waals surface area contributed by atoms with Gasteiger partial charge >= 0.3 is 0 Å². The molecule has 1 aromatic rings. The summed E-state index contributed by atoms with van der Waals surface area (Å²) in [5.41, 5.74) is 0.350. The number of hydrogen-bond acceptors (Lipinski definition) is 2. The van der Waals surface area contributed by atoms with Gasteiger partial charge in [-0.15, -0.1) is 0 Å². The minimum Gasteiger partial charge on any atom is -0.316 e. The van der Waals surface area contributed by atoms with Crippen LogP contribution in [0.1, 0.15) is 12.8 Å². The van der Waals surface area contributed by atoms with Gasteiger partial charge in [-0.3, -0.25) is 4.79 Å². The smallest absolute Gasteiger partial charge is 0.231 e. The van der Waals surface area contributed by atoms with Crippen LogP contribution >= 0.6 is 0 Å². The first kappa shape index (κ1) is 12.0. The van der Waals surface area contributed by atoms with Crippen molar-refractivity contribution in [1.82, 2.24) is 5.32 Å². The third-order valence-electron chi connectivity index (χ3n) is 3.19. The number of nitrogens with one attached hydrogen (secondary N) is 1. The minimum atomic E-state index is -0.355. The lowest BCUT2D eigenvalue weighted by molar-refractivity contribution is -0.122. The van der Waals surface area contributed by atoms with Gasteiger partial charge in [-0.1, -0.05) is 12.1 Å². The summed E-state index contributed by atoms with van der Waals surface area (Å²) in [7, 11) is 1.63. The van der Waals surface area contributed by atoms with Crippen LogP contribution in [0.3, 0.4) is 0 Å². The Kier molecular flexibility index (Phi) is 3.74. The van der Waals surface area contributed by atoms with Gasteiger partial charge in [-0.05, 0) is 31.5 Å². The number of nitrogens with zero attached hydrogens (tertiary/aromatic N) is 1. The standard InChI is InChI=1S/C13H17FN2O/c1-16(12-7-3-2-6-11(12)14)13(17)10-5-4-8-15-9-10/h2-3,6-7,10,15H,4-5,8-9H2,1H3/t10-/m0/s1. The summed E-state index contributed by atoms with van der Waals surface area (Å²) in [4.78, 5) is 13.6. The summed E-state index contributed by atoms with van der Waals surface area (Å²) in [6.07, 6.45) is 1.88. The van der Waals surface area contributed by atoms with Crippen LogP contribution in [-0.2, 0) is 4.79 Å². The van der Waals surface area contributed by atoms with Gasteiger partial charge in [0.2, 0.25) is 5.91 Å². The zero-order valence-electron chi connectivity index (χ0n) is 9.95. The van der Waals surface area contributed by atoms with Crippen molar-refractivity contribution >= 4 is 11.6 Å². The molecule has 2 rings (SSSR count). The summed E-state index contributed by atoms with van der Waals surface area (Å²) in [5.74, 6) is -0.400. The van der Waals surface area contributed by atoms with Gasteiger partial charge in [0.1, 0.15) is 5.82 Å². The van der Waals surface area contributed by atoms with E-state index in [1.54, 1.807) is 25.2 Å². The molecule has 3 nitrogen and oxygen atoms in total. The molecule has 1 amide bonds. The van der Waals surface area contributed by atoms with E-state index in [-0.39, 0.29) is 17.6 Å². The number of benzene rings is 1. The van der Waals surface area contributed by atoms with Crippen LogP contribution < -0.4 is 10.2 Å². The number of halogens is 1. The van der Waals surface area contributed by atoms with Gasteiger partial charge < -0.3 is 10.2 Å². The van der Waals surface area contributed by atoms with Crippen LogP contribution in [0, 0.1) is 11.7 Å². The molecule has 0 aromatic heterocycles. The van der Waals surface area contributed by atoms with E-state index < -0.39 is 0 Å². The number of carbonyl (C=O) groups is 1. The third-order valence-corrected chi connectivity index (χ3v) is 3.19. The molecule has 0 aliphatic carbocycles. The van der Waals surface area contributed by atoms with E-state index in [2.05, 4.69) is 5.32 Å². The normalized spacial score (nSPS) is 20.0. The zero-order valence-corrected chi connectivity index (χ0v) is 9.95.